The van der Waals surface area contributed by atoms with Crippen LogP contribution in [0, 0.1) is 0 Å². The Morgan fingerprint density at radius 3 is 2.30 bits per heavy atom. The summed E-state index contributed by atoms with van der Waals surface area (Å²) in [5.41, 5.74) is 7.99. The fraction of sp³-hybridized carbons (Fsp3) is 0.467. The molecule has 5 nitrogen and oxygen atoms in total. The average Bonchev–Trinajstić information content (AvgIpc) is 3.24. The number of piperazine rings is 1. The van der Waals surface area contributed by atoms with E-state index in [2.05, 4.69) is 0 Å². The van der Waals surface area contributed by atoms with Crippen LogP contribution in [0.4, 0.5) is 5.69 Å². The Balaban J connectivity index is 1.81. The molecule has 1 aromatic rings. The van der Waals surface area contributed by atoms with E-state index in [0.717, 1.165) is 18.5 Å². The summed E-state index contributed by atoms with van der Waals surface area (Å²) < 4.78 is 0. The molecule has 2 N–H and O–H groups in total. The van der Waals surface area contributed by atoms with Crippen LogP contribution in [0.3, 0.4) is 0 Å². The predicted molar refractivity (Wildman–Crippen MR) is 76.4 cm³/mol. The van der Waals surface area contributed by atoms with Crippen LogP contribution in [0.2, 0.25) is 0 Å². The van der Waals surface area contributed by atoms with Gasteiger partial charge in [-0.1, -0.05) is 12.1 Å². The molecule has 0 radical (unpaired) electrons. The van der Waals surface area contributed by atoms with Crippen LogP contribution >= 0.6 is 0 Å². The first kappa shape index (κ1) is 13.1. The SMILES string of the molecule is CN1CC(=O)N(c2ccc(C3(CN)CC3)cc2)CC1=O. The molecule has 1 saturated heterocycles. The van der Waals surface area contributed by atoms with E-state index in [-0.39, 0.29) is 30.3 Å². The van der Waals surface area contributed by atoms with E-state index in [0.29, 0.717) is 6.54 Å². The highest BCUT2D eigenvalue weighted by Gasteiger charge is 2.42. The predicted octanol–water partition coefficient (Wildman–Crippen LogP) is 0.482. The second kappa shape index (κ2) is 4.59. The van der Waals surface area contributed by atoms with Crippen molar-refractivity contribution in [2.45, 2.75) is 18.3 Å². The van der Waals surface area contributed by atoms with Gasteiger partial charge in [-0.15, -0.1) is 0 Å². The normalized spacial score (nSPS) is 21.3. The maximum absolute atomic E-state index is 12.0. The van der Waals surface area contributed by atoms with Gasteiger partial charge in [0, 0.05) is 24.7 Å². The van der Waals surface area contributed by atoms with Crippen molar-refractivity contribution < 1.29 is 9.59 Å². The Morgan fingerprint density at radius 2 is 1.75 bits per heavy atom. The van der Waals surface area contributed by atoms with Gasteiger partial charge in [-0.25, -0.2) is 0 Å². The monoisotopic (exact) mass is 273 g/mol. The summed E-state index contributed by atoms with van der Waals surface area (Å²) >= 11 is 0. The number of nitrogens with zero attached hydrogens (tertiary/aromatic N) is 2. The van der Waals surface area contributed by atoms with Gasteiger partial charge in [0.1, 0.15) is 6.54 Å². The van der Waals surface area contributed by atoms with Crippen LogP contribution in [0.5, 0.6) is 0 Å². The quantitative estimate of drug-likeness (QED) is 0.871. The minimum Gasteiger partial charge on any atom is -0.335 e. The second-order valence-corrected chi connectivity index (χ2v) is 5.76. The van der Waals surface area contributed by atoms with Crippen LogP contribution in [0.15, 0.2) is 24.3 Å². The lowest BCUT2D eigenvalue weighted by atomic mass is 9.96. The van der Waals surface area contributed by atoms with Gasteiger partial charge >= 0.3 is 0 Å². The first-order valence-electron chi connectivity index (χ1n) is 6.91. The molecular weight excluding hydrogens is 254 g/mol. The maximum atomic E-state index is 12.0. The van der Waals surface area contributed by atoms with E-state index >= 15 is 0 Å². The zero-order valence-electron chi connectivity index (χ0n) is 11.6. The smallest absolute Gasteiger partial charge is 0.247 e. The maximum Gasteiger partial charge on any atom is 0.247 e. The van der Waals surface area contributed by atoms with Crippen LogP contribution < -0.4 is 10.6 Å². The lowest BCUT2D eigenvalue weighted by molar-refractivity contribution is -0.136. The Kier molecular flexibility index (Phi) is 3.01. The van der Waals surface area contributed by atoms with Gasteiger partial charge in [0.25, 0.3) is 0 Å². The number of likely N-dealkylation sites (N-methyl/N-ethyl adjacent to an activating group) is 1. The summed E-state index contributed by atoms with van der Waals surface area (Å²) in [6.45, 7) is 0.933. The number of carbonyl (C=O) groups excluding carboxylic acids is 2. The molecule has 1 heterocycles. The summed E-state index contributed by atoms with van der Waals surface area (Å²) in [6.07, 6.45) is 2.27. The lowest BCUT2D eigenvalue weighted by Crippen LogP contribution is -2.52. The third kappa shape index (κ3) is 2.08. The van der Waals surface area contributed by atoms with E-state index in [9.17, 15) is 9.59 Å². The molecule has 2 amide bonds. The zero-order valence-corrected chi connectivity index (χ0v) is 11.6. The third-order valence-corrected chi connectivity index (χ3v) is 4.43. The highest BCUT2D eigenvalue weighted by Crippen LogP contribution is 2.47. The van der Waals surface area contributed by atoms with Gasteiger partial charge in [-0.2, -0.15) is 0 Å². The zero-order chi connectivity index (χ0) is 14.3. The standard InChI is InChI=1S/C15H19N3O2/c1-17-8-14(20)18(9-13(17)19)12-4-2-11(3-5-12)15(10-16)6-7-15/h2-5H,6-10,16H2,1H3. The van der Waals surface area contributed by atoms with Gasteiger partial charge in [0.05, 0.1) is 6.54 Å². The molecule has 2 aliphatic rings. The number of hydrogen-bond acceptors (Lipinski definition) is 3. The van der Waals surface area contributed by atoms with Crippen molar-refractivity contribution in [3.8, 4) is 0 Å². The number of nitrogens with two attached hydrogens (primary N) is 1. The first-order valence-corrected chi connectivity index (χ1v) is 6.91. The number of amides is 2. The highest BCUT2D eigenvalue weighted by molar-refractivity contribution is 6.04. The lowest BCUT2D eigenvalue weighted by Gasteiger charge is -2.31. The number of carbonyl (C=O) groups is 2. The molecule has 5 heteroatoms. The summed E-state index contributed by atoms with van der Waals surface area (Å²) in [5, 5.41) is 0. The molecule has 1 aliphatic heterocycles. The Hall–Kier alpha value is -1.88. The van der Waals surface area contributed by atoms with Gasteiger partial charge in [-0.3, -0.25) is 9.59 Å². The first-order chi connectivity index (χ1) is 9.55. The van der Waals surface area contributed by atoms with Crippen molar-refractivity contribution in [3.05, 3.63) is 29.8 Å². The average molecular weight is 273 g/mol. The van der Waals surface area contributed by atoms with E-state index in [4.69, 9.17) is 5.73 Å². The number of anilines is 1. The fourth-order valence-corrected chi connectivity index (χ4v) is 2.71. The van der Waals surface area contributed by atoms with Crippen LogP contribution in [0.25, 0.3) is 0 Å². The van der Waals surface area contributed by atoms with E-state index in [1.165, 1.54) is 10.5 Å². The molecule has 0 bridgehead atoms. The topological polar surface area (TPSA) is 66.6 Å². The largest absolute Gasteiger partial charge is 0.335 e. The summed E-state index contributed by atoms with van der Waals surface area (Å²) in [5.74, 6) is -0.0749. The Labute approximate surface area is 118 Å². The van der Waals surface area contributed by atoms with E-state index in [1.54, 1.807) is 11.9 Å². The van der Waals surface area contributed by atoms with Crippen molar-refractivity contribution in [3.63, 3.8) is 0 Å². The Bertz CT molecular complexity index is 549. The summed E-state index contributed by atoms with van der Waals surface area (Å²) in [4.78, 5) is 26.7. The van der Waals surface area contributed by atoms with Gasteiger partial charge in [0.2, 0.25) is 11.8 Å². The molecule has 2 fully saturated rings. The van der Waals surface area contributed by atoms with Crippen molar-refractivity contribution in [1.82, 2.24) is 4.90 Å². The molecule has 0 atom stereocenters. The molecule has 0 unspecified atom stereocenters. The van der Waals surface area contributed by atoms with Crippen LogP contribution in [-0.4, -0.2) is 43.4 Å². The summed E-state index contributed by atoms with van der Waals surface area (Å²) in [6, 6.07) is 7.90. The molecule has 0 aromatic heterocycles. The minimum atomic E-state index is -0.0418. The molecule has 1 saturated carbocycles. The van der Waals surface area contributed by atoms with Gasteiger partial charge in [-0.05, 0) is 30.5 Å². The van der Waals surface area contributed by atoms with Crippen molar-refractivity contribution in [2.75, 3.05) is 31.6 Å². The fourth-order valence-electron chi connectivity index (χ4n) is 2.71. The molecular formula is C15H19N3O2. The number of hydrogen-bond donors (Lipinski definition) is 1. The Morgan fingerprint density at radius 1 is 1.10 bits per heavy atom. The van der Waals surface area contributed by atoms with E-state index < -0.39 is 0 Å². The number of rotatable bonds is 3. The molecule has 106 valence electrons. The third-order valence-electron chi connectivity index (χ3n) is 4.43. The second-order valence-electron chi connectivity index (χ2n) is 5.76. The highest BCUT2D eigenvalue weighted by atomic mass is 16.2. The molecule has 3 rings (SSSR count). The van der Waals surface area contributed by atoms with Crippen LogP contribution in [-0.2, 0) is 15.0 Å². The van der Waals surface area contributed by atoms with Crippen molar-refractivity contribution in [2.24, 2.45) is 5.73 Å². The van der Waals surface area contributed by atoms with Crippen LogP contribution in [0.1, 0.15) is 18.4 Å². The molecule has 20 heavy (non-hydrogen) atoms. The summed E-state index contributed by atoms with van der Waals surface area (Å²) in [7, 11) is 1.65. The molecule has 0 spiro atoms. The molecule has 1 aromatic carbocycles. The van der Waals surface area contributed by atoms with Gasteiger partial charge < -0.3 is 15.5 Å². The van der Waals surface area contributed by atoms with Gasteiger partial charge in [0.15, 0.2) is 0 Å². The minimum absolute atomic E-state index is 0.0331. The van der Waals surface area contributed by atoms with Crippen molar-refractivity contribution in [1.29, 1.82) is 0 Å². The molecule has 1 aliphatic carbocycles. The number of benzene rings is 1. The van der Waals surface area contributed by atoms with E-state index in [1.807, 2.05) is 24.3 Å². The van der Waals surface area contributed by atoms with Crippen molar-refractivity contribution >= 4 is 17.5 Å².